The third kappa shape index (κ3) is 41.6. The van der Waals surface area contributed by atoms with E-state index in [1.807, 2.05) is 0 Å². The van der Waals surface area contributed by atoms with Crippen molar-refractivity contribution in [3.8, 4) is 0 Å². The Hall–Kier alpha value is -1.59. The predicted molar refractivity (Wildman–Crippen MR) is 229 cm³/mol. The molecular weight excluding hydrogens is 673 g/mol. The summed E-state index contributed by atoms with van der Waals surface area (Å²) in [6, 6.07) is 0. The van der Waals surface area contributed by atoms with Crippen LogP contribution in [0.5, 0.6) is 0 Å². The molecule has 0 N–H and O–H groups in total. The molecule has 0 aromatic rings. The van der Waals surface area contributed by atoms with E-state index in [1.54, 1.807) is 0 Å². The van der Waals surface area contributed by atoms with Gasteiger partial charge in [0, 0.05) is 19.3 Å². The van der Waals surface area contributed by atoms with Crippen molar-refractivity contribution in [3.05, 3.63) is 0 Å². The Bertz CT molecular complexity index is 798. The molecule has 0 aliphatic heterocycles. The van der Waals surface area contributed by atoms with Gasteiger partial charge in [-0.1, -0.05) is 233 Å². The average Bonchev–Trinajstić information content (AvgIpc) is 3.17. The molecule has 0 aromatic carbocycles. The maximum absolute atomic E-state index is 12.7. The van der Waals surface area contributed by atoms with Crippen molar-refractivity contribution < 1.29 is 28.6 Å². The fourth-order valence-corrected chi connectivity index (χ4v) is 7.21. The molecule has 0 saturated heterocycles. The highest BCUT2D eigenvalue weighted by Crippen LogP contribution is 2.16. The molecule has 0 rings (SSSR count). The standard InChI is InChI=1S/C48H92O6/c1-4-7-10-13-16-18-20-22-24-25-27-28-30-32-35-38-41-47(50)53-44-45(43-52-46(49)40-37-34-15-12-9-6-3)54-48(51)42-39-36-33-31-29-26-23-21-19-17-14-11-8-5-2/h45H,4-44H2,1-3H3. The summed E-state index contributed by atoms with van der Waals surface area (Å²) in [7, 11) is 0. The molecule has 1 atom stereocenters. The maximum Gasteiger partial charge on any atom is 0.306 e. The molecule has 54 heavy (non-hydrogen) atoms. The minimum absolute atomic E-state index is 0.0630. The molecule has 0 aliphatic carbocycles. The number of rotatable bonds is 44. The minimum atomic E-state index is -0.757. The van der Waals surface area contributed by atoms with Gasteiger partial charge in [0.1, 0.15) is 13.2 Å². The molecule has 0 heterocycles. The molecule has 1 unspecified atom stereocenters. The van der Waals surface area contributed by atoms with Crippen LogP contribution >= 0.6 is 0 Å². The highest BCUT2D eigenvalue weighted by molar-refractivity contribution is 5.71. The van der Waals surface area contributed by atoms with Gasteiger partial charge in [-0.15, -0.1) is 0 Å². The van der Waals surface area contributed by atoms with E-state index >= 15 is 0 Å². The monoisotopic (exact) mass is 765 g/mol. The van der Waals surface area contributed by atoms with E-state index in [0.717, 1.165) is 57.8 Å². The zero-order valence-corrected chi connectivity index (χ0v) is 36.5. The van der Waals surface area contributed by atoms with E-state index in [0.29, 0.717) is 19.3 Å². The lowest BCUT2D eigenvalue weighted by atomic mass is 10.0. The Balaban J connectivity index is 4.18. The Morgan fingerprint density at radius 3 is 0.741 bits per heavy atom. The van der Waals surface area contributed by atoms with Crippen molar-refractivity contribution in [1.82, 2.24) is 0 Å². The van der Waals surface area contributed by atoms with Crippen LogP contribution in [0, 0.1) is 0 Å². The lowest BCUT2D eigenvalue weighted by molar-refractivity contribution is -0.167. The summed E-state index contributed by atoms with van der Waals surface area (Å²) in [5.74, 6) is -0.857. The van der Waals surface area contributed by atoms with Gasteiger partial charge in [-0.3, -0.25) is 14.4 Å². The number of carbonyl (C=O) groups is 3. The van der Waals surface area contributed by atoms with E-state index in [4.69, 9.17) is 14.2 Å². The summed E-state index contributed by atoms with van der Waals surface area (Å²) in [5, 5.41) is 0. The predicted octanol–water partition coefficient (Wildman–Crippen LogP) is 15.3. The molecule has 320 valence electrons. The number of unbranched alkanes of at least 4 members (excludes halogenated alkanes) is 33. The molecule has 0 radical (unpaired) electrons. The van der Waals surface area contributed by atoms with E-state index in [-0.39, 0.29) is 31.1 Å². The Morgan fingerprint density at radius 1 is 0.296 bits per heavy atom. The van der Waals surface area contributed by atoms with Crippen LogP contribution in [-0.2, 0) is 28.6 Å². The second kappa shape index (κ2) is 44.1. The van der Waals surface area contributed by atoms with E-state index < -0.39 is 6.10 Å². The number of esters is 3. The van der Waals surface area contributed by atoms with Crippen LogP contribution in [0.25, 0.3) is 0 Å². The number of hydrogen-bond acceptors (Lipinski definition) is 6. The third-order valence-electron chi connectivity index (χ3n) is 10.9. The quantitative estimate of drug-likeness (QED) is 0.0349. The van der Waals surface area contributed by atoms with Gasteiger partial charge in [0.25, 0.3) is 0 Å². The lowest BCUT2D eigenvalue weighted by Crippen LogP contribution is -2.30. The largest absolute Gasteiger partial charge is 0.462 e. The van der Waals surface area contributed by atoms with Crippen LogP contribution in [0.4, 0.5) is 0 Å². The summed E-state index contributed by atoms with van der Waals surface area (Å²) in [4.78, 5) is 37.6. The van der Waals surface area contributed by atoms with Gasteiger partial charge in [0.2, 0.25) is 0 Å². The van der Waals surface area contributed by atoms with Crippen molar-refractivity contribution >= 4 is 17.9 Å². The fourth-order valence-electron chi connectivity index (χ4n) is 7.21. The second-order valence-electron chi connectivity index (χ2n) is 16.4. The third-order valence-corrected chi connectivity index (χ3v) is 10.9. The highest BCUT2D eigenvalue weighted by atomic mass is 16.6. The summed E-state index contributed by atoms with van der Waals surface area (Å²) < 4.78 is 16.7. The van der Waals surface area contributed by atoms with Crippen LogP contribution in [0.15, 0.2) is 0 Å². The van der Waals surface area contributed by atoms with E-state index in [1.165, 1.54) is 173 Å². The average molecular weight is 765 g/mol. The first kappa shape index (κ1) is 52.4. The number of carbonyl (C=O) groups excluding carboxylic acids is 3. The van der Waals surface area contributed by atoms with Gasteiger partial charge in [-0.2, -0.15) is 0 Å². The fraction of sp³-hybridized carbons (Fsp3) is 0.938. The van der Waals surface area contributed by atoms with Crippen LogP contribution in [0.3, 0.4) is 0 Å². The minimum Gasteiger partial charge on any atom is -0.462 e. The van der Waals surface area contributed by atoms with Crippen LogP contribution in [0.1, 0.15) is 271 Å². The Morgan fingerprint density at radius 2 is 0.500 bits per heavy atom. The van der Waals surface area contributed by atoms with Crippen LogP contribution in [0.2, 0.25) is 0 Å². The van der Waals surface area contributed by atoms with E-state index in [9.17, 15) is 14.4 Å². The van der Waals surface area contributed by atoms with Crippen LogP contribution < -0.4 is 0 Å². The lowest BCUT2D eigenvalue weighted by Gasteiger charge is -2.18. The SMILES string of the molecule is CCCCCCCCCCCCCCCCCCC(=O)OCC(COC(=O)CCCCCCCC)OC(=O)CCCCCCCCCCCCCCCC. The van der Waals surface area contributed by atoms with Gasteiger partial charge < -0.3 is 14.2 Å². The summed E-state index contributed by atoms with van der Waals surface area (Å²) in [6.45, 7) is 6.61. The molecule has 0 spiro atoms. The van der Waals surface area contributed by atoms with Gasteiger partial charge >= 0.3 is 17.9 Å². The Kier molecular flexibility index (Phi) is 42.8. The zero-order chi connectivity index (χ0) is 39.4. The molecule has 6 nitrogen and oxygen atoms in total. The summed E-state index contributed by atoms with van der Waals surface area (Å²) in [5.41, 5.74) is 0. The number of ether oxygens (including phenoxy) is 3. The van der Waals surface area contributed by atoms with Gasteiger partial charge in [0.15, 0.2) is 6.10 Å². The molecule has 0 saturated carbocycles. The summed E-state index contributed by atoms with van der Waals surface area (Å²) >= 11 is 0. The van der Waals surface area contributed by atoms with E-state index in [2.05, 4.69) is 20.8 Å². The molecule has 0 fully saturated rings. The smallest absolute Gasteiger partial charge is 0.306 e. The van der Waals surface area contributed by atoms with Crippen molar-refractivity contribution in [2.75, 3.05) is 13.2 Å². The van der Waals surface area contributed by atoms with Crippen LogP contribution in [-0.4, -0.2) is 37.2 Å². The van der Waals surface area contributed by atoms with Crippen molar-refractivity contribution in [1.29, 1.82) is 0 Å². The van der Waals surface area contributed by atoms with Crippen molar-refractivity contribution in [2.24, 2.45) is 0 Å². The molecule has 6 heteroatoms. The van der Waals surface area contributed by atoms with Crippen molar-refractivity contribution in [3.63, 3.8) is 0 Å². The van der Waals surface area contributed by atoms with Crippen molar-refractivity contribution in [2.45, 2.75) is 277 Å². The first-order valence-corrected chi connectivity index (χ1v) is 24.0. The van der Waals surface area contributed by atoms with Gasteiger partial charge in [0.05, 0.1) is 0 Å². The molecule has 0 bridgehead atoms. The topological polar surface area (TPSA) is 78.9 Å². The molecular formula is C48H92O6. The van der Waals surface area contributed by atoms with Gasteiger partial charge in [-0.25, -0.2) is 0 Å². The van der Waals surface area contributed by atoms with Gasteiger partial charge in [-0.05, 0) is 19.3 Å². The molecule has 0 aliphatic rings. The number of hydrogen-bond donors (Lipinski definition) is 0. The zero-order valence-electron chi connectivity index (χ0n) is 36.5. The molecule has 0 amide bonds. The normalized spacial score (nSPS) is 11.8. The first-order chi connectivity index (χ1) is 26.5. The first-order valence-electron chi connectivity index (χ1n) is 24.0. The molecule has 0 aromatic heterocycles. The maximum atomic E-state index is 12.7. The summed E-state index contributed by atoms with van der Waals surface area (Å²) in [6.07, 6.45) is 45.3. The second-order valence-corrected chi connectivity index (χ2v) is 16.4. The Labute approximate surface area is 336 Å². The highest BCUT2D eigenvalue weighted by Gasteiger charge is 2.19.